The number of anilines is 2. The van der Waals surface area contributed by atoms with E-state index in [0.717, 1.165) is 23.5 Å². The fraction of sp³-hybridized carbons (Fsp3) is 0.333. The summed E-state index contributed by atoms with van der Waals surface area (Å²) in [5, 5.41) is 2.94. The summed E-state index contributed by atoms with van der Waals surface area (Å²) in [7, 11) is 0. The Labute approximate surface area is 154 Å². The molecule has 0 unspecified atom stereocenters. The van der Waals surface area contributed by atoms with E-state index in [2.05, 4.69) is 12.2 Å². The van der Waals surface area contributed by atoms with Gasteiger partial charge < -0.3 is 15.0 Å². The van der Waals surface area contributed by atoms with Gasteiger partial charge in [0.1, 0.15) is 5.75 Å². The minimum atomic E-state index is -0.348. The summed E-state index contributed by atoms with van der Waals surface area (Å²) in [5.41, 5.74) is 2.74. The molecule has 0 saturated carbocycles. The maximum Gasteiger partial charge on any atom is 0.229 e. The quantitative estimate of drug-likeness (QED) is 0.863. The van der Waals surface area contributed by atoms with Crippen LogP contribution in [0.2, 0.25) is 0 Å². The van der Waals surface area contributed by atoms with Crippen molar-refractivity contribution in [1.82, 2.24) is 0 Å². The summed E-state index contributed by atoms with van der Waals surface area (Å²) >= 11 is 0. The molecule has 2 amide bonds. The van der Waals surface area contributed by atoms with Gasteiger partial charge in [0, 0.05) is 24.3 Å². The van der Waals surface area contributed by atoms with Crippen molar-refractivity contribution in [2.75, 3.05) is 23.4 Å². The molecule has 1 aliphatic heterocycles. The van der Waals surface area contributed by atoms with Crippen LogP contribution in [0.3, 0.4) is 0 Å². The third-order valence-corrected chi connectivity index (χ3v) is 4.56. The van der Waals surface area contributed by atoms with Gasteiger partial charge in [-0.2, -0.15) is 0 Å². The van der Waals surface area contributed by atoms with Crippen molar-refractivity contribution in [1.29, 1.82) is 0 Å². The molecule has 0 spiro atoms. The Hall–Kier alpha value is -2.82. The maximum atomic E-state index is 12.6. The summed E-state index contributed by atoms with van der Waals surface area (Å²) in [6, 6.07) is 15.2. The van der Waals surface area contributed by atoms with Gasteiger partial charge in [0.2, 0.25) is 11.8 Å². The summed E-state index contributed by atoms with van der Waals surface area (Å²) in [4.78, 5) is 26.6. The Morgan fingerprint density at radius 1 is 1.19 bits per heavy atom. The summed E-state index contributed by atoms with van der Waals surface area (Å²) in [6.07, 6.45) is 1.14. The number of nitrogens with one attached hydrogen (secondary N) is 1. The lowest BCUT2D eigenvalue weighted by Gasteiger charge is -2.17. The highest BCUT2D eigenvalue weighted by molar-refractivity contribution is 6.03. The largest absolute Gasteiger partial charge is 0.494 e. The first kappa shape index (κ1) is 18.0. The normalized spacial score (nSPS) is 16.6. The molecule has 1 heterocycles. The van der Waals surface area contributed by atoms with Gasteiger partial charge in [-0.15, -0.1) is 0 Å². The van der Waals surface area contributed by atoms with E-state index in [4.69, 9.17) is 4.74 Å². The fourth-order valence-electron chi connectivity index (χ4n) is 3.14. The molecule has 0 radical (unpaired) electrons. The third-order valence-electron chi connectivity index (χ3n) is 4.56. The first-order chi connectivity index (χ1) is 12.6. The predicted octanol–water partition coefficient (Wildman–Crippen LogP) is 3.64. The van der Waals surface area contributed by atoms with E-state index in [1.165, 1.54) is 5.56 Å². The number of hydrogen-bond acceptors (Lipinski definition) is 3. The van der Waals surface area contributed by atoms with E-state index in [1.54, 1.807) is 4.90 Å². The van der Waals surface area contributed by atoms with Crippen LogP contribution >= 0.6 is 0 Å². The maximum absolute atomic E-state index is 12.6. The van der Waals surface area contributed by atoms with Crippen molar-refractivity contribution in [2.24, 2.45) is 5.92 Å². The molecular weight excluding hydrogens is 328 g/mol. The Balaban J connectivity index is 1.65. The standard InChI is InChI=1S/C21H24N2O3/c1-3-15-6-5-7-17(12-15)22-21(25)16-13-20(24)23(14-16)18-8-10-19(11-9-18)26-4-2/h5-12,16H,3-4,13-14H2,1-2H3,(H,22,25)/t16-/m0/s1. The van der Waals surface area contributed by atoms with Crippen LogP contribution < -0.4 is 15.0 Å². The molecule has 26 heavy (non-hydrogen) atoms. The van der Waals surface area contributed by atoms with Crippen LogP contribution in [0.4, 0.5) is 11.4 Å². The van der Waals surface area contributed by atoms with Crippen molar-refractivity contribution in [3.8, 4) is 5.75 Å². The number of benzene rings is 2. The lowest BCUT2D eigenvalue weighted by molar-refractivity contribution is -0.122. The van der Waals surface area contributed by atoms with Gasteiger partial charge in [-0.3, -0.25) is 9.59 Å². The Kier molecular flexibility index (Phi) is 5.56. The highest BCUT2D eigenvalue weighted by Crippen LogP contribution is 2.27. The molecule has 1 saturated heterocycles. The lowest BCUT2D eigenvalue weighted by Crippen LogP contribution is -2.28. The highest BCUT2D eigenvalue weighted by Gasteiger charge is 2.35. The molecule has 0 bridgehead atoms. The van der Waals surface area contributed by atoms with Crippen LogP contribution in [0, 0.1) is 5.92 Å². The molecule has 1 N–H and O–H groups in total. The molecule has 1 fully saturated rings. The average molecular weight is 352 g/mol. The topological polar surface area (TPSA) is 58.6 Å². The molecule has 5 heteroatoms. The van der Waals surface area contributed by atoms with Crippen molar-refractivity contribution in [3.63, 3.8) is 0 Å². The zero-order valence-corrected chi connectivity index (χ0v) is 15.2. The van der Waals surface area contributed by atoms with Gasteiger partial charge >= 0.3 is 0 Å². The minimum Gasteiger partial charge on any atom is -0.494 e. The Bertz CT molecular complexity index is 786. The highest BCUT2D eigenvalue weighted by atomic mass is 16.5. The number of hydrogen-bond donors (Lipinski definition) is 1. The third kappa shape index (κ3) is 4.04. The molecule has 0 aromatic heterocycles. The molecule has 1 aliphatic rings. The number of amides is 2. The number of aryl methyl sites for hydroxylation is 1. The summed E-state index contributed by atoms with van der Waals surface area (Å²) in [6.45, 7) is 5.00. The van der Waals surface area contributed by atoms with Gasteiger partial charge in [-0.25, -0.2) is 0 Å². The SMILES string of the molecule is CCOc1ccc(N2C[C@@H](C(=O)Nc3cccc(CC)c3)CC2=O)cc1. The zero-order valence-electron chi connectivity index (χ0n) is 15.2. The predicted molar refractivity (Wildman–Crippen MR) is 103 cm³/mol. The van der Waals surface area contributed by atoms with Crippen LogP contribution in [0.5, 0.6) is 5.75 Å². The first-order valence-corrected chi connectivity index (χ1v) is 9.03. The molecule has 2 aromatic rings. The monoisotopic (exact) mass is 352 g/mol. The fourth-order valence-corrected chi connectivity index (χ4v) is 3.14. The Morgan fingerprint density at radius 3 is 2.65 bits per heavy atom. The van der Waals surface area contributed by atoms with E-state index >= 15 is 0 Å². The molecule has 136 valence electrons. The van der Waals surface area contributed by atoms with Crippen molar-refractivity contribution >= 4 is 23.2 Å². The molecule has 2 aromatic carbocycles. The van der Waals surface area contributed by atoms with Gasteiger partial charge in [0.25, 0.3) is 0 Å². The second-order valence-electron chi connectivity index (χ2n) is 6.38. The molecule has 3 rings (SSSR count). The smallest absolute Gasteiger partial charge is 0.229 e. The van der Waals surface area contributed by atoms with E-state index in [9.17, 15) is 9.59 Å². The number of nitrogens with zero attached hydrogens (tertiary/aromatic N) is 1. The van der Waals surface area contributed by atoms with Crippen LogP contribution in [0.1, 0.15) is 25.8 Å². The zero-order chi connectivity index (χ0) is 18.5. The Morgan fingerprint density at radius 2 is 1.96 bits per heavy atom. The molecular formula is C21H24N2O3. The number of rotatable bonds is 6. The van der Waals surface area contributed by atoms with Crippen molar-refractivity contribution in [3.05, 3.63) is 54.1 Å². The van der Waals surface area contributed by atoms with Crippen LogP contribution in [-0.4, -0.2) is 25.0 Å². The number of carbonyl (C=O) groups excluding carboxylic acids is 2. The van der Waals surface area contributed by atoms with E-state index in [0.29, 0.717) is 13.2 Å². The van der Waals surface area contributed by atoms with E-state index in [1.807, 2.05) is 55.5 Å². The first-order valence-electron chi connectivity index (χ1n) is 9.03. The summed E-state index contributed by atoms with van der Waals surface area (Å²) in [5.74, 6) is 0.281. The second-order valence-corrected chi connectivity index (χ2v) is 6.38. The average Bonchev–Trinajstić information content (AvgIpc) is 3.05. The molecule has 1 atom stereocenters. The van der Waals surface area contributed by atoms with Crippen molar-refractivity contribution in [2.45, 2.75) is 26.7 Å². The van der Waals surface area contributed by atoms with Gasteiger partial charge in [-0.1, -0.05) is 19.1 Å². The van der Waals surface area contributed by atoms with Crippen LogP contribution in [-0.2, 0) is 16.0 Å². The van der Waals surface area contributed by atoms with E-state index in [-0.39, 0.29) is 24.2 Å². The lowest BCUT2D eigenvalue weighted by atomic mass is 10.1. The molecule has 0 aliphatic carbocycles. The van der Waals surface area contributed by atoms with Crippen molar-refractivity contribution < 1.29 is 14.3 Å². The van der Waals surface area contributed by atoms with Crippen LogP contribution in [0.15, 0.2) is 48.5 Å². The second kappa shape index (κ2) is 8.04. The minimum absolute atomic E-state index is 0.0309. The number of carbonyl (C=O) groups is 2. The van der Waals surface area contributed by atoms with Gasteiger partial charge in [-0.05, 0) is 55.3 Å². The van der Waals surface area contributed by atoms with Crippen LogP contribution in [0.25, 0.3) is 0 Å². The van der Waals surface area contributed by atoms with Gasteiger partial charge in [0.05, 0.1) is 12.5 Å². The van der Waals surface area contributed by atoms with E-state index < -0.39 is 0 Å². The van der Waals surface area contributed by atoms with Gasteiger partial charge in [0.15, 0.2) is 0 Å². The molecule has 5 nitrogen and oxygen atoms in total. The number of ether oxygens (including phenoxy) is 1. The summed E-state index contributed by atoms with van der Waals surface area (Å²) < 4.78 is 5.43.